The van der Waals surface area contributed by atoms with Gasteiger partial charge < -0.3 is 29.6 Å². The molecule has 2 heterocycles. The molecular formula is C36H40N2O4. The SMILES string of the molecule is Cc1ccc(CN[C@@H]2[C@@H](NCc3ccc(C)cc3)[C@@H](OCc3ccccc3)O[C@@H]3COC(c4ccccc4)O[C@@H]23)cc1. The molecule has 6 heteroatoms. The fourth-order valence-electron chi connectivity index (χ4n) is 5.64. The van der Waals surface area contributed by atoms with Crippen molar-refractivity contribution in [2.45, 2.75) is 70.4 Å². The molecule has 2 aliphatic heterocycles. The Kier molecular flexibility index (Phi) is 9.41. The lowest BCUT2D eigenvalue weighted by molar-refractivity contribution is -0.331. The van der Waals surface area contributed by atoms with Crippen LogP contribution in [0.4, 0.5) is 0 Å². The topological polar surface area (TPSA) is 61.0 Å². The van der Waals surface area contributed by atoms with Crippen LogP contribution < -0.4 is 10.6 Å². The molecule has 0 saturated carbocycles. The summed E-state index contributed by atoms with van der Waals surface area (Å²) in [6.45, 7) is 6.46. The third kappa shape index (κ3) is 7.16. The summed E-state index contributed by atoms with van der Waals surface area (Å²) in [6, 6.07) is 37.3. The molecule has 0 bridgehead atoms. The molecule has 6 atom stereocenters. The molecule has 0 aromatic heterocycles. The highest BCUT2D eigenvalue weighted by Crippen LogP contribution is 2.35. The number of rotatable bonds is 10. The summed E-state index contributed by atoms with van der Waals surface area (Å²) < 4.78 is 26.0. The van der Waals surface area contributed by atoms with Crippen molar-refractivity contribution in [2.75, 3.05) is 6.61 Å². The van der Waals surface area contributed by atoms with Crippen LogP contribution in [0.2, 0.25) is 0 Å². The lowest BCUT2D eigenvalue weighted by Crippen LogP contribution is -2.69. The monoisotopic (exact) mass is 564 g/mol. The first-order valence-electron chi connectivity index (χ1n) is 14.8. The smallest absolute Gasteiger partial charge is 0.184 e. The van der Waals surface area contributed by atoms with Crippen LogP contribution in [0.15, 0.2) is 109 Å². The van der Waals surface area contributed by atoms with Crippen LogP contribution in [0.1, 0.15) is 39.7 Å². The number of nitrogens with one attached hydrogen (secondary N) is 2. The van der Waals surface area contributed by atoms with Crippen LogP contribution in [0.3, 0.4) is 0 Å². The molecule has 0 spiro atoms. The largest absolute Gasteiger partial charge is 0.346 e. The van der Waals surface area contributed by atoms with Gasteiger partial charge in [0.1, 0.15) is 12.2 Å². The number of benzene rings is 4. The summed E-state index contributed by atoms with van der Waals surface area (Å²) >= 11 is 0. The van der Waals surface area contributed by atoms with E-state index < -0.39 is 12.6 Å². The van der Waals surface area contributed by atoms with Gasteiger partial charge >= 0.3 is 0 Å². The molecule has 0 aliphatic carbocycles. The summed E-state index contributed by atoms with van der Waals surface area (Å²) in [7, 11) is 0. The molecule has 218 valence electrons. The van der Waals surface area contributed by atoms with Crippen LogP contribution in [0.25, 0.3) is 0 Å². The van der Waals surface area contributed by atoms with E-state index in [9.17, 15) is 0 Å². The molecule has 1 unspecified atom stereocenters. The minimum Gasteiger partial charge on any atom is -0.346 e. The van der Waals surface area contributed by atoms with Crippen LogP contribution in [0.5, 0.6) is 0 Å². The molecule has 2 fully saturated rings. The van der Waals surface area contributed by atoms with Gasteiger partial charge in [-0.05, 0) is 30.5 Å². The third-order valence-corrected chi connectivity index (χ3v) is 8.06. The molecule has 0 radical (unpaired) electrons. The zero-order valence-electron chi connectivity index (χ0n) is 24.3. The van der Waals surface area contributed by atoms with Crippen LogP contribution in [0, 0.1) is 13.8 Å². The molecule has 0 amide bonds. The van der Waals surface area contributed by atoms with E-state index >= 15 is 0 Å². The Morgan fingerprint density at radius 3 is 1.83 bits per heavy atom. The fraction of sp³-hybridized carbons (Fsp3) is 0.333. The second-order valence-electron chi connectivity index (χ2n) is 11.3. The van der Waals surface area contributed by atoms with Crippen LogP contribution in [-0.2, 0) is 38.6 Å². The molecule has 2 saturated heterocycles. The minimum atomic E-state index is -0.507. The van der Waals surface area contributed by atoms with Crippen molar-refractivity contribution in [1.29, 1.82) is 0 Å². The standard InChI is InChI=1S/C36H40N2O4/c1-25-13-17-27(18-14-25)21-37-32-33(38-22-28-19-15-26(2)16-20-28)36(39-23-29-9-5-3-6-10-29)41-31-24-40-35(42-34(31)32)30-11-7-4-8-12-30/h3-20,31-38H,21-24H2,1-2H3/t31-,32-,33-,34-,35?,36+/m1/s1. The Hall–Kier alpha value is -3.36. The Morgan fingerprint density at radius 1 is 0.643 bits per heavy atom. The molecule has 6 rings (SSSR count). The average Bonchev–Trinajstić information content (AvgIpc) is 3.04. The van der Waals surface area contributed by atoms with E-state index in [1.54, 1.807) is 0 Å². The highest BCUT2D eigenvalue weighted by atomic mass is 16.7. The Morgan fingerprint density at radius 2 is 1.21 bits per heavy atom. The van der Waals surface area contributed by atoms with Gasteiger partial charge in [0.05, 0.1) is 25.3 Å². The van der Waals surface area contributed by atoms with Crippen molar-refractivity contribution in [3.63, 3.8) is 0 Å². The first-order chi connectivity index (χ1) is 20.6. The molecule has 2 N–H and O–H groups in total. The summed E-state index contributed by atoms with van der Waals surface area (Å²) in [5.74, 6) is 0. The molecule has 6 nitrogen and oxygen atoms in total. The van der Waals surface area contributed by atoms with Gasteiger partial charge in [0.25, 0.3) is 0 Å². The summed E-state index contributed by atoms with van der Waals surface area (Å²) in [4.78, 5) is 0. The molecule has 42 heavy (non-hydrogen) atoms. The Balaban J connectivity index is 1.28. The van der Waals surface area contributed by atoms with Gasteiger partial charge in [-0.2, -0.15) is 0 Å². The molecule has 4 aromatic carbocycles. The van der Waals surface area contributed by atoms with Crippen LogP contribution >= 0.6 is 0 Å². The third-order valence-electron chi connectivity index (χ3n) is 8.06. The van der Waals surface area contributed by atoms with Crippen molar-refractivity contribution in [2.24, 2.45) is 0 Å². The van der Waals surface area contributed by atoms with Gasteiger partial charge in [0.2, 0.25) is 0 Å². The van der Waals surface area contributed by atoms with Gasteiger partial charge in [-0.1, -0.05) is 120 Å². The predicted octanol–water partition coefficient (Wildman–Crippen LogP) is 5.98. The number of aryl methyl sites for hydroxylation is 2. The first kappa shape index (κ1) is 28.7. The predicted molar refractivity (Wildman–Crippen MR) is 164 cm³/mol. The maximum absolute atomic E-state index is 6.70. The number of ether oxygens (including phenoxy) is 4. The van der Waals surface area contributed by atoms with Gasteiger partial charge in [-0.15, -0.1) is 0 Å². The minimum absolute atomic E-state index is 0.105. The van der Waals surface area contributed by atoms with E-state index in [4.69, 9.17) is 18.9 Å². The van der Waals surface area contributed by atoms with Crippen molar-refractivity contribution in [3.8, 4) is 0 Å². The maximum atomic E-state index is 6.70. The average molecular weight is 565 g/mol. The molecule has 4 aromatic rings. The van der Waals surface area contributed by atoms with Gasteiger partial charge in [-0.3, -0.25) is 0 Å². The van der Waals surface area contributed by atoms with Crippen LogP contribution in [-0.4, -0.2) is 37.2 Å². The van der Waals surface area contributed by atoms with E-state index in [0.29, 0.717) is 26.3 Å². The first-order valence-corrected chi connectivity index (χ1v) is 14.8. The van der Waals surface area contributed by atoms with Gasteiger partial charge in [0, 0.05) is 18.7 Å². The summed E-state index contributed by atoms with van der Waals surface area (Å²) in [5.41, 5.74) is 7.01. The van der Waals surface area contributed by atoms with E-state index in [0.717, 1.165) is 11.1 Å². The highest BCUT2D eigenvalue weighted by Gasteiger charge is 2.50. The fourth-order valence-corrected chi connectivity index (χ4v) is 5.64. The zero-order valence-corrected chi connectivity index (χ0v) is 24.3. The summed E-state index contributed by atoms with van der Waals surface area (Å²) in [6.07, 6.45) is -1.49. The second kappa shape index (κ2) is 13.7. The quantitative estimate of drug-likeness (QED) is 0.247. The Bertz CT molecular complexity index is 1380. The van der Waals surface area contributed by atoms with Crippen molar-refractivity contribution >= 4 is 0 Å². The van der Waals surface area contributed by atoms with Crippen molar-refractivity contribution < 1.29 is 18.9 Å². The maximum Gasteiger partial charge on any atom is 0.184 e. The van der Waals surface area contributed by atoms with Gasteiger partial charge in [-0.25, -0.2) is 0 Å². The Labute approximate surface area is 249 Å². The van der Waals surface area contributed by atoms with Crippen molar-refractivity contribution in [3.05, 3.63) is 143 Å². The summed E-state index contributed by atoms with van der Waals surface area (Å²) in [5, 5.41) is 7.64. The number of fused-ring (bicyclic) bond motifs is 1. The number of hydrogen-bond acceptors (Lipinski definition) is 6. The zero-order chi connectivity index (χ0) is 28.7. The lowest BCUT2D eigenvalue weighted by Gasteiger charge is -2.50. The van der Waals surface area contributed by atoms with E-state index in [1.165, 1.54) is 22.3 Å². The van der Waals surface area contributed by atoms with E-state index in [2.05, 4.69) is 85.1 Å². The second-order valence-corrected chi connectivity index (χ2v) is 11.3. The molecular weight excluding hydrogens is 524 g/mol. The number of hydrogen-bond donors (Lipinski definition) is 2. The van der Waals surface area contributed by atoms with Crippen molar-refractivity contribution in [1.82, 2.24) is 10.6 Å². The van der Waals surface area contributed by atoms with E-state index in [-0.39, 0.29) is 24.3 Å². The highest BCUT2D eigenvalue weighted by molar-refractivity contribution is 5.23. The van der Waals surface area contributed by atoms with Gasteiger partial charge in [0.15, 0.2) is 12.6 Å². The van der Waals surface area contributed by atoms with E-state index in [1.807, 2.05) is 48.5 Å². The molecule has 2 aliphatic rings. The lowest BCUT2D eigenvalue weighted by atomic mass is 9.92. The normalized spacial score (nSPS) is 25.6.